The van der Waals surface area contributed by atoms with Crippen molar-refractivity contribution in [2.45, 2.75) is 20.4 Å². The smallest absolute Gasteiger partial charge is 0.319 e. The molecule has 0 fully saturated rings. The van der Waals surface area contributed by atoms with Crippen molar-refractivity contribution >= 4 is 23.4 Å². The summed E-state index contributed by atoms with van der Waals surface area (Å²) in [6.45, 7) is 2.37. The molecular formula is C13H15NO6. The second kappa shape index (κ2) is 6.65. The Morgan fingerprint density at radius 1 is 1.30 bits per heavy atom. The van der Waals surface area contributed by atoms with Crippen molar-refractivity contribution in [3.05, 3.63) is 24.2 Å². The van der Waals surface area contributed by atoms with E-state index in [9.17, 15) is 14.4 Å². The van der Waals surface area contributed by atoms with E-state index in [4.69, 9.17) is 14.6 Å². The maximum Gasteiger partial charge on any atom is 0.319 e. The minimum Gasteiger partial charge on any atom is -0.481 e. The van der Waals surface area contributed by atoms with Crippen LogP contribution in [0.25, 0.3) is 0 Å². The van der Waals surface area contributed by atoms with Gasteiger partial charge in [-0.2, -0.15) is 0 Å². The molecule has 1 aromatic rings. The average molecular weight is 281 g/mol. The first-order valence-corrected chi connectivity index (χ1v) is 5.87. The zero-order valence-electron chi connectivity index (χ0n) is 11.1. The quantitative estimate of drug-likeness (QED) is 0.573. The van der Waals surface area contributed by atoms with Crippen LogP contribution >= 0.6 is 0 Å². The fourth-order valence-corrected chi connectivity index (χ4v) is 1.69. The molecule has 1 rings (SSSR count). The van der Waals surface area contributed by atoms with Crippen LogP contribution < -0.4 is 0 Å². The largest absolute Gasteiger partial charge is 0.481 e. The Hall–Kier alpha value is -2.44. The molecule has 0 aliphatic carbocycles. The molecule has 2 unspecified atom stereocenters. The number of carbonyl (C=O) groups is 3. The van der Waals surface area contributed by atoms with Gasteiger partial charge in [0.15, 0.2) is 5.92 Å². The van der Waals surface area contributed by atoms with Gasteiger partial charge in [0.2, 0.25) is 0 Å². The van der Waals surface area contributed by atoms with E-state index in [1.54, 1.807) is 12.1 Å². The van der Waals surface area contributed by atoms with Gasteiger partial charge in [-0.3, -0.25) is 19.4 Å². The number of aliphatic carboxylic acids is 2. The molecular weight excluding hydrogens is 266 g/mol. The minimum atomic E-state index is -1.56. The van der Waals surface area contributed by atoms with E-state index in [1.807, 2.05) is 0 Å². The summed E-state index contributed by atoms with van der Waals surface area (Å²) in [4.78, 5) is 37.6. The van der Waals surface area contributed by atoms with E-state index in [1.165, 1.54) is 13.2 Å². The zero-order chi connectivity index (χ0) is 15.3. The monoisotopic (exact) mass is 281 g/mol. The molecule has 0 spiro atoms. The fraction of sp³-hybridized carbons (Fsp3) is 0.385. The first kappa shape index (κ1) is 15.6. The van der Waals surface area contributed by atoms with Gasteiger partial charge in [-0.05, 0) is 26.0 Å². The van der Waals surface area contributed by atoms with E-state index in [2.05, 4.69) is 4.99 Å². The lowest BCUT2D eigenvalue weighted by atomic mass is 9.90. The summed E-state index contributed by atoms with van der Waals surface area (Å²) in [5, 5.41) is 18.1. The third kappa shape index (κ3) is 3.78. The first-order valence-electron chi connectivity index (χ1n) is 5.87. The van der Waals surface area contributed by atoms with Crippen LogP contribution in [-0.4, -0.2) is 33.6 Å². The number of aliphatic imine (C=N–C) groups is 1. The highest BCUT2D eigenvalue weighted by molar-refractivity contribution is 6.22. The molecule has 0 aliphatic rings. The Kier molecular flexibility index (Phi) is 5.19. The summed E-state index contributed by atoms with van der Waals surface area (Å²) in [5.41, 5.74) is -0.186. The number of Topliss-reactive ketones (excluding diaryl/α,β-unsaturated/α-hetero) is 1. The Morgan fingerprint density at radius 3 is 2.35 bits per heavy atom. The van der Waals surface area contributed by atoms with Crippen LogP contribution in [0.5, 0.6) is 0 Å². The molecule has 108 valence electrons. The van der Waals surface area contributed by atoms with E-state index in [0.29, 0.717) is 5.76 Å². The molecule has 2 N–H and O–H groups in total. The van der Waals surface area contributed by atoms with Crippen LogP contribution in [0.1, 0.15) is 19.6 Å². The number of furan rings is 1. The van der Waals surface area contributed by atoms with Crippen LogP contribution in [0, 0.1) is 11.8 Å². The fourth-order valence-electron chi connectivity index (χ4n) is 1.69. The van der Waals surface area contributed by atoms with Gasteiger partial charge in [0.05, 0.1) is 18.7 Å². The summed E-state index contributed by atoms with van der Waals surface area (Å²) >= 11 is 0. The minimum absolute atomic E-state index is 0.0169. The molecule has 0 radical (unpaired) electrons. The second-order valence-electron chi connectivity index (χ2n) is 4.26. The molecule has 20 heavy (non-hydrogen) atoms. The van der Waals surface area contributed by atoms with Crippen molar-refractivity contribution < 1.29 is 29.0 Å². The Morgan fingerprint density at radius 2 is 1.95 bits per heavy atom. The molecule has 1 aromatic heterocycles. The number of carboxylic acids is 2. The summed E-state index contributed by atoms with van der Waals surface area (Å²) < 4.78 is 5.04. The van der Waals surface area contributed by atoms with E-state index >= 15 is 0 Å². The first-order chi connectivity index (χ1) is 9.34. The van der Waals surface area contributed by atoms with E-state index < -0.39 is 29.6 Å². The van der Waals surface area contributed by atoms with Crippen molar-refractivity contribution in [1.29, 1.82) is 0 Å². The predicted octanol–water partition coefficient (Wildman–Crippen LogP) is 1.23. The number of hydrogen-bond acceptors (Lipinski definition) is 5. The maximum absolute atomic E-state index is 11.4. The number of carbonyl (C=O) groups excluding carboxylic acids is 1. The average Bonchev–Trinajstić information content (AvgIpc) is 2.85. The lowest BCUT2D eigenvalue weighted by Crippen LogP contribution is -2.37. The Balaban J connectivity index is 3.12. The third-order valence-electron chi connectivity index (χ3n) is 2.76. The van der Waals surface area contributed by atoms with E-state index in [-0.39, 0.29) is 12.3 Å². The predicted molar refractivity (Wildman–Crippen MR) is 68.5 cm³/mol. The standard InChI is InChI=1S/C13H15NO6/c1-7(12(16)17)11(10(8(2)15)13(18)19)14-6-9-4-3-5-20-9/h3-5,7,10H,6H2,1-2H3,(H,16,17)(H,18,19). The highest BCUT2D eigenvalue weighted by atomic mass is 16.4. The van der Waals surface area contributed by atoms with Crippen molar-refractivity contribution in [2.24, 2.45) is 16.8 Å². The normalized spacial score (nSPS) is 14.6. The highest BCUT2D eigenvalue weighted by Crippen LogP contribution is 2.14. The molecule has 7 heteroatoms. The second-order valence-corrected chi connectivity index (χ2v) is 4.26. The topological polar surface area (TPSA) is 117 Å². The summed E-state index contributed by atoms with van der Waals surface area (Å²) in [5.74, 6) is -5.60. The van der Waals surface area contributed by atoms with Crippen molar-refractivity contribution in [2.75, 3.05) is 0 Å². The Labute approximate surface area is 114 Å². The number of hydrogen-bond donors (Lipinski definition) is 2. The van der Waals surface area contributed by atoms with Crippen LogP contribution in [0.2, 0.25) is 0 Å². The van der Waals surface area contributed by atoms with Gasteiger partial charge in [0.25, 0.3) is 0 Å². The van der Waals surface area contributed by atoms with Gasteiger partial charge in [0, 0.05) is 5.71 Å². The number of nitrogens with zero attached hydrogens (tertiary/aromatic N) is 1. The number of ketones is 1. The van der Waals surface area contributed by atoms with Crippen LogP contribution in [0.3, 0.4) is 0 Å². The van der Waals surface area contributed by atoms with Crippen molar-refractivity contribution in [3.63, 3.8) is 0 Å². The van der Waals surface area contributed by atoms with Gasteiger partial charge in [0.1, 0.15) is 11.5 Å². The summed E-state index contributed by atoms with van der Waals surface area (Å²) in [7, 11) is 0. The highest BCUT2D eigenvalue weighted by Gasteiger charge is 2.34. The van der Waals surface area contributed by atoms with Gasteiger partial charge < -0.3 is 14.6 Å². The van der Waals surface area contributed by atoms with E-state index in [0.717, 1.165) is 6.92 Å². The SMILES string of the molecule is CC(=O)C(C(=O)O)C(=NCc1ccco1)C(C)C(=O)O. The lowest BCUT2D eigenvalue weighted by molar-refractivity contribution is -0.142. The van der Waals surface area contributed by atoms with Crippen LogP contribution in [0.4, 0.5) is 0 Å². The molecule has 2 atom stereocenters. The summed E-state index contributed by atoms with van der Waals surface area (Å²) in [6, 6.07) is 3.25. The number of rotatable bonds is 7. The lowest BCUT2D eigenvalue weighted by Gasteiger charge is -2.16. The molecule has 1 heterocycles. The molecule has 0 bridgehead atoms. The molecule has 7 nitrogen and oxygen atoms in total. The molecule has 0 aliphatic heterocycles. The third-order valence-corrected chi connectivity index (χ3v) is 2.76. The van der Waals surface area contributed by atoms with Gasteiger partial charge in [-0.1, -0.05) is 0 Å². The van der Waals surface area contributed by atoms with Crippen LogP contribution in [0.15, 0.2) is 27.8 Å². The maximum atomic E-state index is 11.4. The number of carboxylic acid groups (broad SMARTS) is 2. The molecule has 0 saturated carbocycles. The molecule has 0 amide bonds. The molecule has 0 aromatic carbocycles. The van der Waals surface area contributed by atoms with Crippen LogP contribution in [-0.2, 0) is 20.9 Å². The molecule has 0 saturated heterocycles. The van der Waals surface area contributed by atoms with Gasteiger partial charge in [-0.15, -0.1) is 0 Å². The van der Waals surface area contributed by atoms with Gasteiger partial charge >= 0.3 is 11.9 Å². The zero-order valence-corrected chi connectivity index (χ0v) is 11.1. The van der Waals surface area contributed by atoms with Gasteiger partial charge in [-0.25, -0.2) is 0 Å². The summed E-state index contributed by atoms with van der Waals surface area (Å²) in [6.07, 6.45) is 1.42. The van der Waals surface area contributed by atoms with Crippen molar-refractivity contribution in [1.82, 2.24) is 0 Å². The van der Waals surface area contributed by atoms with Crippen molar-refractivity contribution in [3.8, 4) is 0 Å². The Bertz CT molecular complexity index is 517.